The van der Waals surface area contributed by atoms with E-state index in [1.54, 1.807) is 6.07 Å². The zero-order valence-electron chi connectivity index (χ0n) is 11.0. The van der Waals surface area contributed by atoms with Gasteiger partial charge in [0.1, 0.15) is 11.9 Å². The lowest BCUT2D eigenvalue weighted by Crippen LogP contribution is -2.16. The summed E-state index contributed by atoms with van der Waals surface area (Å²) in [6.07, 6.45) is 0. The van der Waals surface area contributed by atoms with Gasteiger partial charge in [-0.1, -0.05) is 29.8 Å². The van der Waals surface area contributed by atoms with Gasteiger partial charge in [-0.3, -0.25) is 0 Å². The van der Waals surface area contributed by atoms with E-state index in [1.165, 1.54) is 17.7 Å². The molecule has 0 N–H and O–H groups in total. The third-order valence-corrected chi connectivity index (χ3v) is 3.05. The molecule has 96 valence electrons. The van der Waals surface area contributed by atoms with Crippen molar-refractivity contribution in [3.8, 4) is 6.07 Å². The van der Waals surface area contributed by atoms with E-state index >= 15 is 0 Å². The van der Waals surface area contributed by atoms with Gasteiger partial charge >= 0.3 is 0 Å². The second kappa shape index (κ2) is 5.53. The van der Waals surface area contributed by atoms with Crippen molar-refractivity contribution in [2.75, 3.05) is 11.9 Å². The topological polar surface area (TPSA) is 27.0 Å². The Kier molecular flexibility index (Phi) is 3.82. The van der Waals surface area contributed by atoms with Crippen LogP contribution in [0.4, 0.5) is 10.1 Å². The molecule has 0 radical (unpaired) electrons. The van der Waals surface area contributed by atoms with Gasteiger partial charge in [-0.15, -0.1) is 0 Å². The van der Waals surface area contributed by atoms with Crippen LogP contribution in [0, 0.1) is 24.1 Å². The number of nitriles is 1. The van der Waals surface area contributed by atoms with Crippen LogP contribution in [-0.4, -0.2) is 7.05 Å². The zero-order valence-corrected chi connectivity index (χ0v) is 11.0. The first-order valence-electron chi connectivity index (χ1n) is 6.06. The highest BCUT2D eigenvalue weighted by molar-refractivity contribution is 5.50. The minimum Gasteiger partial charge on any atom is -0.370 e. The second-order valence-corrected chi connectivity index (χ2v) is 4.62. The Labute approximate surface area is 112 Å². The van der Waals surface area contributed by atoms with Crippen LogP contribution in [0.25, 0.3) is 0 Å². The standard InChI is InChI=1S/C16H15FN2/c1-12-3-5-13(6-4-12)11-19(2)15-8-7-14(10-18)16(17)9-15/h3-9H,11H2,1-2H3. The Bertz CT molecular complexity index is 612. The number of aryl methyl sites for hydroxylation is 1. The summed E-state index contributed by atoms with van der Waals surface area (Å²) in [6, 6.07) is 14.7. The largest absolute Gasteiger partial charge is 0.370 e. The van der Waals surface area contributed by atoms with Crippen LogP contribution in [0.3, 0.4) is 0 Å². The number of nitrogens with zero attached hydrogens (tertiary/aromatic N) is 2. The van der Waals surface area contributed by atoms with E-state index in [1.807, 2.05) is 24.9 Å². The van der Waals surface area contributed by atoms with E-state index in [0.29, 0.717) is 6.54 Å². The molecule has 0 amide bonds. The third kappa shape index (κ3) is 3.11. The fraction of sp³-hybridized carbons (Fsp3) is 0.188. The number of benzene rings is 2. The molecule has 2 nitrogen and oxygen atoms in total. The van der Waals surface area contributed by atoms with Gasteiger partial charge in [0.2, 0.25) is 0 Å². The number of rotatable bonds is 3. The number of halogens is 1. The lowest BCUT2D eigenvalue weighted by atomic mass is 10.1. The van der Waals surface area contributed by atoms with Crippen LogP contribution in [0.5, 0.6) is 0 Å². The Morgan fingerprint density at radius 2 is 1.84 bits per heavy atom. The predicted molar refractivity (Wildman–Crippen MR) is 74.4 cm³/mol. The molecule has 0 saturated heterocycles. The maximum atomic E-state index is 13.6. The van der Waals surface area contributed by atoms with E-state index in [0.717, 1.165) is 11.3 Å². The van der Waals surface area contributed by atoms with E-state index in [2.05, 4.69) is 24.3 Å². The van der Waals surface area contributed by atoms with Gasteiger partial charge in [0.15, 0.2) is 0 Å². The van der Waals surface area contributed by atoms with Crippen molar-refractivity contribution in [1.29, 1.82) is 5.26 Å². The van der Waals surface area contributed by atoms with Gasteiger partial charge in [-0.25, -0.2) is 4.39 Å². The molecule has 0 aliphatic carbocycles. The van der Waals surface area contributed by atoms with Crippen molar-refractivity contribution in [2.24, 2.45) is 0 Å². The summed E-state index contributed by atoms with van der Waals surface area (Å²) in [7, 11) is 1.90. The lowest BCUT2D eigenvalue weighted by molar-refractivity contribution is 0.623. The molecule has 0 fully saturated rings. The van der Waals surface area contributed by atoms with Gasteiger partial charge in [-0.05, 0) is 30.7 Å². The predicted octanol–water partition coefficient (Wildman–Crippen LogP) is 3.64. The minimum absolute atomic E-state index is 0.0764. The van der Waals surface area contributed by atoms with Crippen molar-refractivity contribution in [3.05, 3.63) is 65.0 Å². The summed E-state index contributed by atoms with van der Waals surface area (Å²) in [5.74, 6) is -0.476. The maximum Gasteiger partial charge on any atom is 0.143 e. The average molecular weight is 254 g/mol. The van der Waals surface area contributed by atoms with Gasteiger partial charge in [0.25, 0.3) is 0 Å². The Morgan fingerprint density at radius 1 is 1.16 bits per heavy atom. The molecule has 3 heteroatoms. The van der Waals surface area contributed by atoms with E-state index in [9.17, 15) is 4.39 Å². The van der Waals surface area contributed by atoms with Gasteiger partial charge in [-0.2, -0.15) is 5.26 Å². The first-order valence-corrected chi connectivity index (χ1v) is 6.06. The number of hydrogen-bond acceptors (Lipinski definition) is 2. The molecule has 19 heavy (non-hydrogen) atoms. The van der Waals surface area contributed by atoms with Crippen LogP contribution in [-0.2, 0) is 6.54 Å². The molecule has 0 aliphatic heterocycles. The van der Waals surface area contributed by atoms with Gasteiger partial charge in [0.05, 0.1) is 5.56 Å². The summed E-state index contributed by atoms with van der Waals surface area (Å²) in [6.45, 7) is 2.75. The van der Waals surface area contributed by atoms with Crippen molar-refractivity contribution in [1.82, 2.24) is 0 Å². The van der Waals surface area contributed by atoms with Crippen LogP contribution in [0.15, 0.2) is 42.5 Å². The molecule has 0 aromatic heterocycles. The maximum absolute atomic E-state index is 13.6. The summed E-state index contributed by atoms with van der Waals surface area (Å²) in [4.78, 5) is 1.95. The van der Waals surface area contributed by atoms with Crippen LogP contribution < -0.4 is 4.90 Å². The molecule has 0 bridgehead atoms. The normalized spacial score (nSPS) is 10.0. The van der Waals surface area contributed by atoms with Gasteiger partial charge in [0, 0.05) is 19.3 Å². The Balaban J connectivity index is 2.16. The van der Waals surface area contributed by atoms with Crippen molar-refractivity contribution >= 4 is 5.69 Å². The van der Waals surface area contributed by atoms with E-state index in [4.69, 9.17) is 5.26 Å². The molecule has 0 heterocycles. The molecule has 2 aromatic rings. The molecule has 0 saturated carbocycles. The summed E-state index contributed by atoms with van der Waals surface area (Å²) >= 11 is 0. The number of hydrogen-bond donors (Lipinski definition) is 0. The average Bonchev–Trinajstić information content (AvgIpc) is 2.41. The first kappa shape index (κ1) is 13.1. The fourth-order valence-corrected chi connectivity index (χ4v) is 1.89. The quantitative estimate of drug-likeness (QED) is 0.836. The molecule has 0 atom stereocenters. The second-order valence-electron chi connectivity index (χ2n) is 4.62. The SMILES string of the molecule is Cc1ccc(CN(C)c2ccc(C#N)c(F)c2)cc1. The van der Waals surface area contributed by atoms with E-state index < -0.39 is 5.82 Å². The highest BCUT2D eigenvalue weighted by atomic mass is 19.1. The van der Waals surface area contributed by atoms with E-state index in [-0.39, 0.29) is 5.56 Å². The highest BCUT2D eigenvalue weighted by Crippen LogP contribution is 2.19. The fourth-order valence-electron chi connectivity index (χ4n) is 1.89. The monoisotopic (exact) mass is 254 g/mol. The Hall–Kier alpha value is -2.34. The van der Waals surface area contributed by atoms with Crippen LogP contribution in [0.1, 0.15) is 16.7 Å². The minimum atomic E-state index is -0.476. The summed E-state index contributed by atoms with van der Waals surface area (Å²) < 4.78 is 13.6. The smallest absolute Gasteiger partial charge is 0.143 e. The molecule has 0 aliphatic rings. The van der Waals surface area contributed by atoms with Crippen molar-refractivity contribution < 1.29 is 4.39 Å². The van der Waals surface area contributed by atoms with Crippen LogP contribution >= 0.6 is 0 Å². The molecule has 2 rings (SSSR count). The molecule has 0 unspecified atom stereocenters. The highest BCUT2D eigenvalue weighted by Gasteiger charge is 2.06. The Morgan fingerprint density at radius 3 is 2.42 bits per heavy atom. The van der Waals surface area contributed by atoms with Crippen LogP contribution in [0.2, 0.25) is 0 Å². The third-order valence-electron chi connectivity index (χ3n) is 3.05. The number of anilines is 1. The molecular formula is C16H15FN2. The van der Waals surface area contributed by atoms with Crippen molar-refractivity contribution in [2.45, 2.75) is 13.5 Å². The lowest BCUT2D eigenvalue weighted by Gasteiger charge is -2.19. The summed E-state index contributed by atoms with van der Waals surface area (Å²) in [5, 5.41) is 8.71. The summed E-state index contributed by atoms with van der Waals surface area (Å²) in [5.41, 5.74) is 3.22. The molecule has 2 aromatic carbocycles. The van der Waals surface area contributed by atoms with Gasteiger partial charge < -0.3 is 4.90 Å². The first-order chi connectivity index (χ1) is 9.10. The molecular weight excluding hydrogens is 239 g/mol. The zero-order chi connectivity index (χ0) is 13.8. The molecule has 0 spiro atoms. The van der Waals surface area contributed by atoms with Crippen molar-refractivity contribution in [3.63, 3.8) is 0 Å².